The minimum absolute atomic E-state index is 0.610. The number of rotatable bonds is 5. The molecule has 0 fully saturated rings. The van der Waals surface area contributed by atoms with Gasteiger partial charge in [-0.25, -0.2) is 24.9 Å². The number of benzene rings is 5. The Labute approximate surface area is 242 Å². The number of hydrogen-bond donors (Lipinski definition) is 0. The Morgan fingerprint density at radius 2 is 0.905 bits per heavy atom. The maximum Gasteiger partial charge on any atom is 0.164 e. The van der Waals surface area contributed by atoms with Gasteiger partial charge in [-0.2, -0.15) is 5.26 Å². The summed E-state index contributed by atoms with van der Waals surface area (Å²) in [5.41, 5.74) is 7.26. The number of hydrogen-bond acceptors (Lipinski definition) is 6. The summed E-state index contributed by atoms with van der Waals surface area (Å²) in [6, 6.07) is 43.8. The van der Waals surface area contributed by atoms with E-state index in [-0.39, 0.29) is 0 Å². The van der Waals surface area contributed by atoms with Crippen molar-refractivity contribution in [2.45, 2.75) is 0 Å². The fourth-order valence-electron chi connectivity index (χ4n) is 4.80. The first-order valence-electron chi connectivity index (χ1n) is 13.5. The lowest BCUT2D eigenvalue weighted by Gasteiger charge is -2.09. The second-order valence-electron chi connectivity index (χ2n) is 9.77. The van der Waals surface area contributed by atoms with Crippen molar-refractivity contribution >= 4 is 10.9 Å². The van der Waals surface area contributed by atoms with Gasteiger partial charge in [-0.05, 0) is 47.5 Å². The molecule has 0 amide bonds. The van der Waals surface area contributed by atoms with Gasteiger partial charge in [0.25, 0.3) is 0 Å². The fourth-order valence-corrected chi connectivity index (χ4v) is 4.80. The Morgan fingerprint density at radius 1 is 0.429 bits per heavy atom. The van der Waals surface area contributed by atoms with Crippen molar-refractivity contribution in [1.82, 2.24) is 24.9 Å². The highest BCUT2D eigenvalue weighted by Gasteiger charge is 2.12. The molecular formula is C36H22N6. The lowest BCUT2D eigenvalue weighted by atomic mass is 10.0. The summed E-state index contributed by atoms with van der Waals surface area (Å²) in [5, 5.41) is 10.0. The number of fused-ring (bicyclic) bond motifs is 1. The normalized spacial score (nSPS) is 10.8. The molecule has 0 saturated carbocycles. The molecule has 42 heavy (non-hydrogen) atoms. The molecule has 0 aliphatic carbocycles. The van der Waals surface area contributed by atoms with Crippen molar-refractivity contribution in [2.75, 3.05) is 0 Å². The minimum Gasteiger partial charge on any atom is -0.236 e. The lowest BCUT2D eigenvalue weighted by Crippen LogP contribution is -2.00. The van der Waals surface area contributed by atoms with Crippen LogP contribution in [0.5, 0.6) is 0 Å². The third-order valence-electron chi connectivity index (χ3n) is 7.03. The Balaban J connectivity index is 1.21. The van der Waals surface area contributed by atoms with Crippen LogP contribution in [0.15, 0.2) is 134 Å². The van der Waals surface area contributed by atoms with Crippen LogP contribution in [0.4, 0.5) is 0 Å². The first-order chi connectivity index (χ1) is 20.7. The zero-order valence-electron chi connectivity index (χ0n) is 22.4. The van der Waals surface area contributed by atoms with Crippen LogP contribution in [-0.2, 0) is 0 Å². The van der Waals surface area contributed by atoms with Crippen LogP contribution in [-0.4, -0.2) is 24.9 Å². The van der Waals surface area contributed by atoms with E-state index < -0.39 is 0 Å². The summed E-state index contributed by atoms with van der Waals surface area (Å²) in [6.07, 6.45) is 1.84. The van der Waals surface area contributed by atoms with Crippen LogP contribution >= 0.6 is 0 Å². The molecule has 196 valence electrons. The summed E-state index contributed by atoms with van der Waals surface area (Å²) in [6.45, 7) is 0. The molecule has 0 aliphatic heterocycles. The van der Waals surface area contributed by atoms with Crippen LogP contribution in [0, 0.1) is 11.3 Å². The highest BCUT2D eigenvalue weighted by atomic mass is 15.0. The van der Waals surface area contributed by atoms with Crippen LogP contribution < -0.4 is 0 Å². The van der Waals surface area contributed by atoms with Crippen molar-refractivity contribution in [3.63, 3.8) is 0 Å². The van der Waals surface area contributed by atoms with E-state index >= 15 is 0 Å². The van der Waals surface area contributed by atoms with Crippen molar-refractivity contribution in [1.29, 1.82) is 5.26 Å². The average Bonchev–Trinajstić information content (AvgIpc) is 3.08. The molecule has 0 bridgehead atoms. The molecule has 0 spiro atoms. The molecule has 6 heteroatoms. The fraction of sp³-hybridized carbons (Fsp3) is 0. The smallest absolute Gasteiger partial charge is 0.164 e. The standard InChI is InChI=1S/C36H22N6/c37-22-24-11-13-28(14-12-24)33-38-23-31-21-30(19-20-32(31)39-33)25-15-17-29(18-16-25)36-41-34(26-7-3-1-4-8-26)40-35(42-36)27-9-5-2-6-10-27/h1-21,23H. The minimum atomic E-state index is 0.610. The van der Waals surface area contributed by atoms with Gasteiger partial charge in [0.05, 0.1) is 17.1 Å². The van der Waals surface area contributed by atoms with Crippen molar-refractivity contribution in [2.24, 2.45) is 0 Å². The molecule has 0 N–H and O–H groups in total. The third kappa shape index (κ3) is 4.99. The monoisotopic (exact) mass is 538 g/mol. The van der Waals surface area contributed by atoms with Gasteiger partial charge in [0, 0.05) is 33.8 Å². The average molecular weight is 539 g/mol. The molecular weight excluding hydrogens is 516 g/mol. The highest BCUT2D eigenvalue weighted by molar-refractivity contribution is 5.85. The molecule has 0 radical (unpaired) electrons. The number of aromatic nitrogens is 5. The van der Waals surface area contributed by atoms with Crippen LogP contribution in [0.3, 0.4) is 0 Å². The molecule has 0 aliphatic rings. The molecule has 0 unspecified atom stereocenters. The van der Waals surface area contributed by atoms with Crippen LogP contribution in [0.1, 0.15) is 5.56 Å². The number of nitriles is 1. The van der Waals surface area contributed by atoms with E-state index in [2.05, 4.69) is 35.3 Å². The van der Waals surface area contributed by atoms with Gasteiger partial charge < -0.3 is 0 Å². The molecule has 6 nitrogen and oxygen atoms in total. The van der Waals surface area contributed by atoms with Crippen molar-refractivity contribution < 1.29 is 0 Å². The van der Waals surface area contributed by atoms with E-state index in [1.54, 1.807) is 12.1 Å². The summed E-state index contributed by atoms with van der Waals surface area (Å²) in [4.78, 5) is 23.8. The van der Waals surface area contributed by atoms with Gasteiger partial charge >= 0.3 is 0 Å². The van der Waals surface area contributed by atoms with Crippen LogP contribution in [0.25, 0.3) is 67.6 Å². The molecule has 2 heterocycles. The topological polar surface area (TPSA) is 88.2 Å². The Hall–Kier alpha value is -6.06. The van der Waals surface area contributed by atoms with E-state index in [4.69, 9.17) is 25.2 Å². The molecule has 0 atom stereocenters. The van der Waals surface area contributed by atoms with Crippen molar-refractivity contribution in [3.05, 3.63) is 139 Å². The Bertz CT molecular complexity index is 2010. The maximum atomic E-state index is 9.05. The SMILES string of the molecule is N#Cc1ccc(-c2ncc3cc(-c4ccc(-c5nc(-c6ccccc6)nc(-c6ccccc6)n5)cc4)ccc3n2)cc1. The predicted molar refractivity (Wildman–Crippen MR) is 165 cm³/mol. The summed E-state index contributed by atoms with van der Waals surface area (Å²) >= 11 is 0. The first kappa shape index (κ1) is 24.9. The molecule has 5 aromatic carbocycles. The molecule has 0 saturated heterocycles. The molecule has 7 aromatic rings. The van der Waals surface area contributed by atoms with Crippen LogP contribution in [0.2, 0.25) is 0 Å². The summed E-state index contributed by atoms with van der Waals surface area (Å²) in [5.74, 6) is 2.53. The highest BCUT2D eigenvalue weighted by Crippen LogP contribution is 2.29. The van der Waals surface area contributed by atoms with E-state index in [1.165, 1.54) is 0 Å². The number of nitrogens with zero attached hydrogens (tertiary/aromatic N) is 6. The second-order valence-corrected chi connectivity index (χ2v) is 9.77. The van der Waals surface area contributed by atoms with E-state index in [0.29, 0.717) is 28.9 Å². The second kappa shape index (κ2) is 10.8. The van der Waals surface area contributed by atoms with Crippen molar-refractivity contribution in [3.8, 4) is 62.7 Å². The Morgan fingerprint density at radius 3 is 1.48 bits per heavy atom. The van der Waals surface area contributed by atoms with Gasteiger partial charge in [0.15, 0.2) is 23.3 Å². The molecule has 7 rings (SSSR count). The quantitative estimate of drug-likeness (QED) is 0.220. The molecule has 2 aromatic heterocycles. The zero-order valence-corrected chi connectivity index (χ0v) is 22.4. The van der Waals surface area contributed by atoms with Gasteiger partial charge in [0.1, 0.15) is 0 Å². The first-order valence-corrected chi connectivity index (χ1v) is 13.5. The van der Waals surface area contributed by atoms with Gasteiger partial charge in [-0.1, -0.05) is 91.0 Å². The lowest BCUT2D eigenvalue weighted by molar-refractivity contribution is 1.07. The van der Waals surface area contributed by atoms with Gasteiger partial charge in [-0.15, -0.1) is 0 Å². The van der Waals surface area contributed by atoms with Gasteiger partial charge in [0.2, 0.25) is 0 Å². The van der Waals surface area contributed by atoms with Gasteiger partial charge in [-0.3, -0.25) is 0 Å². The largest absolute Gasteiger partial charge is 0.236 e. The Kier molecular flexibility index (Phi) is 6.44. The van der Waals surface area contributed by atoms with E-state index in [0.717, 1.165) is 44.3 Å². The summed E-state index contributed by atoms with van der Waals surface area (Å²) < 4.78 is 0. The summed E-state index contributed by atoms with van der Waals surface area (Å²) in [7, 11) is 0. The third-order valence-corrected chi connectivity index (χ3v) is 7.03. The van der Waals surface area contributed by atoms with E-state index in [1.807, 2.05) is 97.2 Å². The predicted octanol–water partition coefficient (Wildman–Crippen LogP) is 8.02. The van der Waals surface area contributed by atoms with E-state index in [9.17, 15) is 0 Å². The maximum absolute atomic E-state index is 9.05. The zero-order chi connectivity index (χ0) is 28.3.